The van der Waals surface area contributed by atoms with Crippen molar-refractivity contribution in [3.63, 3.8) is 0 Å². The quantitative estimate of drug-likeness (QED) is 0.852. The van der Waals surface area contributed by atoms with Gasteiger partial charge in [-0.05, 0) is 31.3 Å². The third-order valence-electron chi connectivity index (χ3n) is 2.60. The number of rotatable bonds is 4. The second kappa shape index (κ2) is 6.67. The standard InChI is InChI=1S/C13H14ClFN4S/c1-2-16-13(20)17-12-6-7-19(18-12)8-9-10(14)4-3-5-11(9)15/h3-7H,2,8H2,1H3,(H2,16,17,18,20). The second-order valence-corrected chi connectivity index (χ2v) is 4.90. The highest BCUT2D eigenvalue weighted by Gasteiger charge is 2.08. The van der Waals surface area contributed by atoms with Crippen LogP contribution in [0.4, 0.5) is 10.2 Å². The number of nitrogens with one attached hydrogen (secondary N) is 2. The number of halogens is 2. The van der Waals surface area contributed by atoms with Crippen LogP contribution in [-0.2, 0) is 6.54 Å². The van der Waals surface area contributed by atoms with Crippen molar-refractivity contribution in [1.29, 1.82) is 0 Å². The molecular formula is C13H14ClFN4S. The lowest BCUT2D eigenvalue weighted by atomic mass is 10.2. The zero-order chi connectivity index (χ0) is 14.5. The van der Waals surface area contributed by atoms with Crippen molar-refractivity contribution in [2.75, 3.05) is 11.9 Å². The molecule has 1 aromatic carbocycles. The average molecular weight is 313 g/mol. The molecule has 0 fully saturated rings. The summed E-state index contributed by atoms with van der Waals surface area (Å²) < 4.78 is 15.3. The van der Waals surface area contributed by atoms with Crippen molar-refractivity contribution < 1.29 is 4.39 Å². The van der Waals surface area contributed by atoms with Crippen LogP contribution in [0.15, 0.2) is 30.5 Å². The van der Waals surface area contributed by atoms with Crippen molar-refractivity contribution in [1.82, 2.24) is 15.1 Å². The van der Waals surface area contributed by atoms with Gasteiger partial charge in [-0.2, -0.15) is 5.10 Å². The Labute approximate surface area is 126 Å². The summed E-state index contributed by atoms with van der Waals surface area (Å²) in [4.78, 5) is 0. The van der Waals surface area contributed by atoms with Gasteiger partial charge in [0, 0.05) is 29.4 Å². The van der Waals surface area contributed by atoms with Crippen LogP contribution < -0.4 is 10.6 Å². The molecule has 1 heterocycles. The normalized spacial score (nSPS) is 10.3. The van der Waals surface area contributed by atoms with Crippen LogP contribution in [0.1, 0.15) is 12.5 Å². The lowest BCUT2D eigenvalue weighted by Gasteiger charge is -2.07. The van der Waals surface area contributed by atoms with Gasteiger partial charge in [-0.25, -0.2) is 4.39 Å². The van der Waals surface area contributed by atoms with Crippen LogP contribution in [0.5, 0.6) is 0 Å². The molecule has 0 aliphatic carbocycles. The van der Waals surface area contributed by atoms with Crippen LogP contribution in [0.3, 0.4) is 0 Å². The van der Waals surface area contributed by atoms with E-state index in [1.807, 2.05) is 6.92 Å². The molecule has 2 N–H and O–H groups in total. The summed E-state index contributed by atoms with van der Waals surface area (Å²) in [5.74, 6) is 0.258. The molecule has 0 saturated carbocycles. The molecule has 106 valence electrons. The maximum absolute atomic E-state index is 13.7. The molecule has 0 spiro atoms. The minimum Gasteiger partial charge on any atom is -0.363 e. The predicted molar refractivity (Wildman–Crippen MR) is 82.6 cm³/mol. The molecule has 0 aliphatic heterocycles. The molecule has 2 aromatic rings. The maximum Gasteiger partial charge on any atom is 0.171 e. The van der Waals surface area contributed by atoms with Gasteiger partial charge in [0.05, 0.1) is 6.54 Å². The first-order valence-corrected chi connectivity index (χ1v) is 6.90. The monoisotopic (exact) mass is 312 g/mol. The van der Waals surface area contributed by atoms with Gasteiger partial charge < -0.3 is 10.6 Å². The van der Waals surface area contributed by atoms with E-state index >= 15 is 0 Å². The Bertz CT molecular complexity index is 594. The van der Waals surface area contributed by atoms with E-state index in [-0.39, 0.29) is 12.4 Å². The van der Waals surface area contributed by atoms with Crippen molar-refractivity contribution >= 4 is 34.7 Å². The Morgan fingerprint density at radius 3 is 2.95 bits per heavy atom. The molecular weight excluding hydrogens is 299 g/mol. The summed E-state index contributed by atoms with van der Waals surface area (Å²) in [5.41, 5.74) is 0.415. The van der Waals surface area contributed by atoms with E-state index in [2.05, 4.69) is 15.7 Å². The fourth-order valence-electron chi connectivity index (χ4n) is 1.68. The van der Waals surface area contributed by atoms with Gasteiger partial charge >= 0.3 is 0 Å². The molecule has 0 amide bonds. The first-order valence-electron chi connectivity index (χ1n) is 6.11. The van der Waals surface area contributed by atoms with E-state index in [9.17, 15) is 4.39 Å². The summed E-state index contributed by atoms with van der Waals surface area (Å²) in [6, 6.07) is 6.37. The molecule has 0 aliphatic rings. The molecule has 0 saturated heterocycles. The predicted octanol–water partition coefficient (Wildman–Crippen LogP) is 3.03. The summed E-state index contributed by atoms with van der Waals surface area (Å²) in [7, 11) is 0. The Hall–Kier alpha value is -1.66. The Kier molecular flexibility index (Phi) is 4.92. The lowest BCUT2D eigenvalue weighted by Crippen LogP contribution is -2.28. The molecule has 0 unspecified atom stereocenters. The Morgan fingerprint density at radius 2 is 2.25 bits per heavy atom. The highest BCUT2D eigenvalue weighted by atomic mass is 35.5. The minimum atomic E-state index is -0.342. The summed E-state index contributed by atoms with van der Waals surface area (Å²) in [6.45, 7) is 2.95. The van der Waals surface area contributed by atoms with E-state index in [0.29, 0.717) is 21.5 Å². The Balaban J connectivity index is 2.08. The fraction of sp³-hybridized carbons (Fsp3) is 0.231. The van der Waals surface area contributed by atoms with Gasteiger partial charge in [-0.1, -0.05) is 17.7 Å². The first-order chi connectivity index (χ1) is 9.60. The van der Waals surface area contributed by atoms with E-state index < -0.39 is 0 Å². The van der Waals surface area contributed by atoms with Gasteiger partial charge in [-0.3, -0.25) is 4.68 Å². The largest absolute Gasteiger partial charge is 0.363 e. The lowest BCUT2D eigenvalue weighted by molar-refractivity contribution is 0.586. The summed E-state index contributed by atoms with van der Waals surface area (Å²) >= 11 is 11.0. The second-order valence-electron chi connectivity index (χ2n) is 4.08. The van der Waals surface area contributed by atoms with Crippen molar-refractivity contribution in [3.05, 3.63) is 46.9 Å². The van der Waals surface area contributed by atoms with Crippen LogP contribution in [0.2, 0.25) is 5.02 Å². The number of thiocarbonyl (C=S) groups is 1. The van der Waals surface area contributed by atoms with Gasteiger partial charge in [0.2, 0.25) is 0 Å². The highest BCUT2D eigenvalue weighted by Crippen LogP contribution is 2.20. The van der Waals surface area contributed by atoms with Crippen LogP contribution in [0.25, 0.3) is 0 Å². The number of hydrogen-bond donors (Lipinski definition) is 2. The SMILES string of the molecule is CCNC(=S)Nc1ccn(Cc2c(F)cccc2Cl)n1. The average Bonchev–Trinajstić information content (AvgIpc) is 2.82. The van der Waals surface area contributed by atoms with E-state index in [1.165, 1.54) is 6.07 Å². The Morgan fingerprint density at radius 1 is 1.45 bits per heavy atom. The molecule has 7 heteroatoms. The van der Waals surface area contributed by atoms with Gasteiger partial charge in [-0.15, -0.1) is 0 Å². The molecule has 0 bridgehead atoms. The number of aromatic nitrogens is 2. The number of nitrogens with zero attached hydrogens (tertiary/aromatic N) is 2. The van der Waals surface area contributed by atoms with Gasteiger partial charge in [0.15, 0.2) is 10.9 Å². The molecule has 1 aromatic heterocycles. The van der Waals surface area contributed by atoms with Crippen LogP contribution in [-0.4, -0.2) is 21.4 Å². The van der Waals surface area contributed by atoms with E-state index in [1.54, 1.807) is 29.1 Å². The first kappa shape index (κ1) is 14.7. The van der Waals surface area contributed by atoms with E-state index in [4.69, 9.17) is 23.8 Å². The van der Waals surface area contributed by atoms with E-state index in [0.717, 1.165) is 6.54 Å². The minimum absolute atomic E-state index is 0.265. The van der Waals surface area contributed by atoms with Crippen LogP contribution >= 0.6 is 23.8 Å². The van der Waals surface area contributed by atoms with Gasteiger partial charge in [0.1, 0.15) is 5.82 Å². The van der Waals surface area contributed by atoms with Crippen LogP contribution in [0, 0.1) is 5.82 Å². The number of anilines is 1. The summed E-state index contributed by atoms with van der Waals surface area (Å²) in [5, 5.41) is 11.1. The zero-order valence-electron chi connectivity index (χ0n) is 10.9. The smallest absolute Gasteiger partial charge is 0.171 e. The molecule has 0 atom stereocenters. The number of hydrogen-bond acceptors (Lipinski definition) is 2. The fourth-order valence-corrected chi connectivity index (χ4v) is 2.15. The number of benzene rings is 1. The molecule has 20 heavy (non-hydrogen) atoms. The van der Waals surface area contributed by atoms with Gasteiger partial charge in [0.25, 0.3) is 0 Å². The summed E-state index contributed by atoms with van der Waals surface area (Å²) in [6.07, 6.45) is 1.74. The molecule has 2 rings (SSSR count). The zero-order valence-corrected chi connectivity index (χ0v) is 12.4. The molecule has 0 radical (unpaired) electrons. The topological polar surface area (TPSA) is 41.9 Å². The van der Waals surface area contributed by atoms with Crippen molar-refractivity contribution in [2.24, 2.45) is 0 Å². The third kappa shape index (κ3) is 3.68. The highest BCUT2D eigenvalue weighted by molar-refractivity contribution is 7.80. The van der Waals surface area contributed by atoms with Crippen molar-refractivity contribution in [3.8, 4) is 0 Å². The van der Waals surface area contributed by atoms with Crippen molar-refractivity contribution in [2.45, 2.75) is 13.5 Å². The third-order valence-corrected chi connectivity index (χ3v) is 3.20. The molecule has 4 nitrogen and oxygen atoms in total. The maximum atomic E-state index is 13.7.